The SMILES string of the molecule is CCOc1cc(C=NNc2nc(C)cs2)ccc1OCc1ccc(Br)cc1. The van der Waals surface area contributed by atoms with Gasteiger partial charge < -0.3 is 9.47 Å². The summed E-state index contributed by atoms with van der Waals surface area (Å²) in [5.74, 6) is 1.41. The van der Waals surface area contributed by atoms with Gasteiger partial charge in [0.05, 0.1) is 18.5 Å². The average Bonchev–Trinajstić information content (AvgIpc) is 3.08. The third kappa shape index (κ3) is 5.80. The van der Waals surface area contributed by atoms with Crippen molar-refractivity contribution in [2.75, 3.05) is 12.0 Å². The van der Waals surface area contributed by atoms with Crippen molar-refractivity contribution in [1.82, 2.24) is 4.98 Å². The van der Waals surface area contributed by atoms with Crippen LogP contribution in [0.1, 0.15) is 23.7 Å². The van der Waals surface area contributed by atoms with Crippen LogP contribution in [0.4, 0.5) is 5.13 Å². The van der Waals surface area contributed by atoms with E-state index in [0.29, 0.717) is 24.7 Å². The van der Waals surface area contributed by atoms with E-state index in [9.17, 15) is 0 Å². The van der Waals surface area contributed by atoms with Gasteiger partial charge in [-0.1, -0.05) is 28.1 Å². The summed E-state index contributed by atoms with van der Waals surface area (Å²) in [6.45, 7) is 4.94. The van der Waals surface area contributed by atoms with Crippen molar-refractivity contribution in [2.45, 2.75) is 20.5 Å². The summed E-state index contributed by atoms with van der Waals surface area (Å²) in [5, 5.41) is 6.97. The normalized spacial score (nSPS) is 10.9. The van der Waals surface area contributed by atoms with E-state index in [-0.39, 0.29) is 0 Å². The van der Waals surface area contributed by atoms with Crippen LogP contribution in [0.15, 0.2) is 57.4 Å². The average molecular weight is 446 g/mol. The lowest BCUT2D eigenvalue weighted by molar-refractivity contribution is 0.269. The predicted molar refractivity (Wildman–Crippen MR) is 114 cm³/mol. The van der Waals surface area contributed by atoms with E-state index in [1.807, 2.05) is 61.7 Å². The summed E-state index contributed by atoms with van der Waals surface area (Å²) in [6, 6.07) is 13.8. The minimum absolute atomic E-state index is 0.478. The highest BCUT2D eigenvalue weighted by Gasteiger charge is 2.07. The molecule has 0 saturated heterocycles. The van der Waals surface area contributed by atoms with Gasteiger partial charge in [0.1, 0.15) is 6.61 Å². The number of thiazole rings is 1. The Hall–Kier alpha value is -2.38. The Kier molecular flexibility index (Phi) is 6.84. The van der Waals surface area contributed by atoms with Crippen molar-refractivity contribution in [2.24, 2.45) is 5.10 Å². The number of aromatic nitrogens is 1. The predicted octanol–water partition coefficient (Wildman–Crippen LogP) is 5.64. The quantitative estimate of drug-likeness (QED) is 0.360. The third-order valence-electron chi connectivity index (χ3n) is 3.57. The molecule has 1 aromatic heterocycles. The Morgan fingerprint density at radius 3 is 2.67 bits per heavy atom. The highest BCUT2D eigenvalue weighted by atomic mass is 79.9. The van der Waals surface area contributed by atoms with E-state index in [1.165, 1.54) is 11.3 Å². The summed E-state index contributed by atoms with van der Waals surface area (Å²) < 4.78 is 12.7. The van der Waals surface area contributed by atoms with Gasteiger partial charge in [0.2, 0.25) is 5.13 Å². The number of hydrogen-bond acceptors (Lipinski definition) is 6. The topological polar surface area (TPSA) is 55.7 Å². The van der Waals surface area contributed by atoms with E-state index in [2.05, 4.69) is 31.4 Å². The fourth-order valence-corrected chi connectivity index (χ4v) is 3.20. The molecule has 3 rings (SSSR count). The molecule has 3 aromatic rings. The molecular formula is C20H20BrN3O2S. The van der Waals surface area contributed by atoms with Gasteiger partial charge in [-0.15, -0.1) is 11.3 Å². The lowest BCUT2D eigenvalue weighted by Gasteiger charge is -2.12. The van der Waals surface area contributed by atoms with Crippen LogP contribution >= 0.6 is 27.3 Å². The molecule has 0 fully saturated rings. The Bertz CT molecular complexity index is 910. The van der Waals surface area contributed by atoms with Crippen molar-refractivity contribution < 1.29 is 9.47 Å². The molecule has 5 nitrogen and oxygen atoms in total. The minimum atomic E-state index is 0.478. The summed E-state index contributed by atoms with van der Waals surface area (Å²) in [4.78, 5) is 4.31. The summed E-state index contributed by atoms with van der Waals surface area (Å²) in [7, 11) is 0. The zero-order valence-corrected chi connectivity index (χ0v) is 17.5. The first-order chi connectivity index (χ1) is 13.1. The van der Waals surface area contributed by atoms with Crippen LogP contribution in [0.5, 0.6) is 11.5 Å². The maximum Gasteiger partial charge on any atom is 0.203 e. The minimum Gasteiger partial charge on any atom is -0.490 e. The highest BCUT2D eigenvalue weighted by Crippen LogP contribution is 2.29. The third-order valence-corrected chi connectivity index (χ3v) is 4.96. The van der Waals surface area contributed by atoms with Gasteiger partial charge in [0.25, 0.3) is 0 Å². The van der Waals surface area contributed by atoms with Gasteiger partial charge in [-0.2, -0.15) is 5.10 Å². The van der Waals surface area contributed by atoms with Gasteiger partial charge >= 0.3 is 0 Å². The van der Waals surface area contributed by atoms with Crippen molar-refractivity contribution >= 4 is 38.6 Å². The largest absolute Gasteiger partial charge is 0.490 e. The van der Waals surface area contributed by atoms with Gasteiger partial charge in [0, 0.05) is 9.85 Å². The number of anilines is 1. The number of hydrazone groups is 1. The molecule has 0 radical (unpaired) electrons. The maximum atomic E-state index is 5.94. The molecule has 0 unspecified atom stereocenters. The zero-order valence-electron chi connectivity index (χ0n) is 15.1. The molecule has 0 spiro atoms. The van der Waals surface area contributed by atoms with Crippen molar-refractivity contribution in [3.05, 3.63) is 69.1 Å². The Morgan fingerprint density at radius 1 is 1.15 bits per heavy atom. The number of rotatable bonds is 8. The Morgan fingerprint density at radius 2 is 1.96 bits per heavy atom. The highest BCUT2D eigenvalue weighted by molar-refractivity contribution is 9.10. The van der Waals surface area contributed by atoms with Crippen LogP contribution in [-0.2, 0) is 6.61 Å². The Balaban J connectivity index is 1.66. The molecule has 1 heterocycles. The van der Waals surface area contributed by atoms with Crippen LogP contribution < -0.4 is 14.9 Å². The number of benzene rings is 2. The number of halogens is 1. The van der Waals surface area contributed by atoms with Gasteiger partial charge in [-0.25, -0.2) is 4.98 Å². The van der Waals surface area contributed by atoms with Crippen LogP contribution in [-0.4, -0.2) is 17.8 Å². The lowest BCUT2D eigenvalue weighted by atomic mass is 10.2. The molecule has 0 atom stereocenters. The first-order valence-corrected chi connectivity index (χ1v) is 10.2. The molecule has 1 N–H and O–H groups in total. The van der Waals surface area contributed by atoms with Crippen LogP contribution in [0.3, 0.4) is 0 Å². The van der Waals surface area contributed by atoms with Gasteiger partial charge in [0.15, 0.2) is 11.5 Å². The second-order valence-corrected chi connectivity index (χ2v) is 7.49. The van der Waals surface area contributed by atoms with Crippen molar-refractivity contribution in [3.63, 3.8) is 0 Å². The first kappa shape index (κ1) is 19.4. The van der Waals surface area contributed by atoms with E-state index >= 15 is 0 Å². The zero-order chi connectivity index (χ0) is 19.1. The molecule has 0 aliphatic rings. The number of hydrogen-bond donors (Lipinski definition) is 1. The summed E-state index contributed by atoms with van der Waals surface area (Å²) >= 11 is 4.96. The molecule has 7 heteroatoms. The molecule has 0 aliphatic heterocycles. The van der Waals surface area contributed by atoms with Crippen molar-refractivity contribution in [3.8, 4) is 11.5 Å². The molecule has 0 amide bonds. The van der Waals surface area contributed by atoms with Gasteiger partial charge in [-0.3, -0.25) is 5.43 Å². The number of aryl methyl sites for hydroxylation is 1. The summed E-state index contributed by atoms with van der Waals surface area (Å²) in [5.41, 5.74) is 5.91. The van der Waals surface area contributed by atoms with Crippen molar-refractivity contribution in [1.29, 1.82) is 0 Å². The van der Waals surface area contributed by atoms with Crippen LogP contribution in [0.2, 0.25) is 0 Å². The van der Waals surface area contributed by atoms with Crippen LogP contribution in [0, 0.1) is 6.92 Å². The lowest BCUT2D eigenvalue weighted by Crippen LogP contribution is -2.00. The maximum absolute atomic E-state index is 5.94. The van der Waals surface area contributed by atoms with E-state index < -0.39 is 0 Å². The molecule has 140 valence electrons. The fraction of sp³-hybridized carbons (Fsp3) is 0.200. The van der Waals surface area contributed by atoms with Crippen LogP contribution in [0.25, 0.3) is 0 Å². The van der Waals surface area contributed by atoms with E-state index in [0.717, 1.165) is 26.4 Å². The Labute approximate surface area is 171 Å². The number of ether oxygens (including phenoxy) is 2. The standard InChI is InChI=1S/C20H20BrN3O2S/c1-3-25-19-10-16(11-22-24-20-23-14(2)13-27-20)6-9-18(19)26-12-15-4-7-17(21)8-5-15/h4-11,13H,3,12H2,1-2H3,(H,23,24). The molecule has 2 aromatic carbocycles. The molecular weight excluding hydrogens is 426 g/mol. The number of nitrogens with zero attached hydrogens (tertiary/aromatic N) is 2. The fourth-order valence-electron chi connectivity index (χ4n) is 2.30. The van der Waals surface area contributed by atoms with E-state index in [4.69, 9.17) is 9.47 Å². The second-order valence-electron chi connectivity index (χ2n) is 5.72. The van der Waals surface area contributed by atoms with Gasteiger partial charge in [-0.05, 0) is 55.3 Å². The van der Waals surface area contributed by atoms with E-state index in [1.54, 1.807) is 6.21 Å². The molecule has 0 aliphatic carbocycles. The number of nitrogens with one attached hydrogen (secondary N) is 1. The smallest absolute Gasteiger partial charge is 0.203 e. The molecule has 0 bridgehead atoms. The molecule has 0 saturated carbocycles. The molecule has 27 heavy (non-hydrogen) atoms. The monoisotopic (exact) mass is 445 g/mol. The first-order valence-electron chi connectivity index (χ1n) is 8.49. The summed E-state index contributed by atoms with van der Waals surface area (Å²) in [6.07, 6.45) is 1.73. The second kappa shape index (κ2) is 9.53.